The number of amides is 1. The van der Waals surface area contributed by atoms with E-state index in [2.05, 4.69) is 15.5 Å². The van der Waals surface area contributed by atoms with Crippen molar-refractivity contribution in [3.63, 3.8) is 0 Å². The third-order valence-corrected chi connectivity index (χ3v) is 4.34. The van der Waals surface area contributed by atoms with E-state index in [0.717, 1.165) is 15.8 Å². The van der Waals surface area contributed by atoms with Crippen LogP contribution in [0.25, 0.3) is 11.5 Å². The van der Waals surface area contributed by atoms with Gasteiger partial charge < -0.3 is 9.73 Å². The monoisotopic (exact) mass is 389 g/mol. The average molecular weight is 389 g/mol. The molecule has 4 aromatic rings. The molecular formula is C21H19N5O3. The molecular weight excluding hydrogens is 370 g/mol. The first-order chi connectivity index (χ1) is 14.2. The molecule has 0 spiro atoms. The summed E-state index contributed by atoms with van der Waals surface area (Å²) in [4.78, 5) is 24.1. The second kappa shape index (κ2) is 8.39. The Kier molecular flexibility index (Phi) is 5.33. The van der Waals surface area contributed by atoms with Gasteiger partial charge in [-0.3, -0.25) is 9.48 Å². The highest BCUT2D eigenvalue weighted by atomic mass is 16.4. The number of carbonyl (C=O) groups excluding carboxylic acids is 1. The van der Waals surface area contributed by atoms with E-state index in [1.807, 2.05) is 59.4 Å². The molecule has 4 rings (SSSR count). The van der Waals surface area contributed by atoms with Gasteiger partial charge in [-0.05, 0) is 29.3 Å². The molecule has 8 nitrogen and oxygen atoms in total. The SMILES string of the molecule is O=C(Cn1nc(-c2ccccc2)oc1=O)NCc1ccc(Cn2cccn2)cc1. The third kappa shape index (κ3) is 4.67. The van der Waals surface area contributed by atoms with Gasteiger partial charge in [0.05, 0.1) is 6.54 Å². The number of nitrogens with one attached hydrogen (secondary N) is 1. The van der Waals surface area contributed by atoms with Crippen LogP contribution < -0.4 is 11.1 Å². The molecule has 0 saturated carbocycles. The number of benzene rings is 2. The fourth-order valence-corrected chi connectivity index (χ4v) is 2.84. The van der Waals surface area contributed by atoms with Gasteiger partial charge in [0, 0.05) is 24.5 Å². The van der Waals surface area contributed by atoms with Gasteiger partial charge in [0.25, 0.3) is 0 Å². The summed E-state index contributed by atoms with van der Waals surface area (Å²) in [7, 11) is 0. The first-order valence-corrected chi connectivity index (χ1v) is 9.13. The molecule has 29 heavy (non-hydrogen) atoms. The third-order valence-electron chi connectivity index (χ3n) is 4.34. The van der Waals surface area contributed by atoms with E-state index in [1.165, 1.54) is 0 Å². The smallest absolute Gasteiger partial charge is 0.388 e. The number of hydrogen-bond acceptors (Lipinski definition) is 5. The highest BCUT2D eigenvalue weighted by Gasteiger charge is 2.13. The van der Waals surface area contributed by atoms with Crippen LogP contribution in [0.1, 0.15) is 11.1 Å². The molecule has 0 aliphatic rings. The Hall–Kier alpha value is -3.94. The van der Waals surface area contributed by atoms with E-state index in [9.17, 15) is 9.59 Å². The molecule has 0 atom stereocenters. The number of rotatable bonds is 7. The molecule has 1 N–H and O–H groups in total. The molecule has 2 aromatic heterocycles. The Morgan fingerprint density at radius 3 is 2.48 bits per heavy atom. The molecule has 146 valence electrons. The molecule has 0 radical (unpaired) electrons. The highest BCUT2D eigenvalue weighted by Crippen LogP contribution is 2.13. The second-order valence-electron chi connectivity index (χ2n) is 6.49. The highest BCUT2D eigenvalue weighted by molar-refractivity contribution is 5.75. The zero-order valence-corrected chi connectivity index (χ0v) is 15.6. The van der Waals surface area contributed by atoms with Crippen LogP contribution in [0.3, 0.4) is 0 Å². The molecule has 2 aromatic carbocycles. The van der Waals surface area contributed by atoms with Gasteiger partial charge in [0.2, 0.25) is 11.8 Å². The van der Waals surface area contributed by atoms with E-state index >= 15 is 0 Å². The summed E-state index contributed by atoms with van der Waals surface area (Å²) in [5, 5.41) is 11.1. The van der Waals surface area contributed by atoms with Crippen molar-refractivity contribution < 1.29 is 9.21 Å². The minimum atomic E-state index is -0.665. The van der Waals surface area contributed by atoms with Gasteiger partial charge in [-0.2, -0.15) is 9.78 Å². The van der Waals surface area contributed by atoms with Crippen LogP contribution in [0.2, 0.25) is 0 Å². The molecule has 2 heterocycles. The largest absolute Gasteiger partial charge is 0.437 e. The fourth-order valence-electron chi connectivity index (χ4n) is 2.84. The van der Waals surface area contributed by atoms with E-state index < -0.39 is 5.76 Å². The van der Waals surface area contributed by atoms with Crippen molar-refractivity contribution in [2.24, 2.45) is 0 Å². The zero-order valence-electron chi connectivity index (χ0n) is 15.6. The second-order valence-corrected chi connectivity index (χ2v) is 6.49. The first kappa shape index (κ1) is 18.4. The summed E-state index contributed by atoms with van der Waals surface area (Å²) in [6.45, 7) is 0.851. The van der Waals surface area contributed by atoms with Crippen molar-refractivity contribution in [2.75, 3.05) is 0 Å². The molecule has 0 fully saturated rings. The van der Waals surface area contributed by atoms with Crippen LogP contribution in [0.15, 0.2) is 82.3 Å². The summed E-state index contributed by atoms with van der Waals surface area (Å²) in [5.41, 5.74) is 2.75. The molecule has 0 saturated heterocycles. The van der Waals surface area contributed by atoms with Crippen LogP contribution in [-0.4, -0.2) is 25.5 Å². The number of aromatic nitrogens is 4. The Bertz CT molecular complexity index is 1130. The van der Waals surface area contributed by atoms with Gasteiger partial charge in [0.15, 0.2) is 0 Å². The lowest BCUT2D eigenvalue weighted by Crippen LogP contribution is -2.31. The van der Waals surface area contributed by atoms with Gasteiger partial charge in [-0.15, -0.1) is 5.10 Å². The normalized spacial score (nSPS) is 10.8. The van der Waals surface area contributed by atoms with Crippen molar-refractivity contribution in [3.05, 3.63) is 94.7 Å². The van der Waals surface area contributed by atoms with Crippen LogP contribution in [0, 0.1) is 0 Å². The van der Waals surface area contributed by atoms with E-state index in [1.54, 1.807) is 18.3 Å². The van der Waals surface area contributed by atoms with Crippen molar-refractivity contribution >= 4 is 5.91 Å². The van der Waals surface area contributed by atoms with Gasteiger partial charge in [-0.25, -0.2) is 4.79 Å². The van der Waals surface area contributed by atoms with E-state index in [4.69, 9.17) is 4.42 Å². The molecule has 0 bridgehead atoms. The lowest BCUT2D eigenvalue weighted by atomic mass is 10.1. The minimum Gasteiger partial charge on any atom is -0.388 e. The Labute approximate surface area is 166 Å². The lowest BCUT2D eigenvalue weighted by Gasteiger charge is -2.06. The number of hydrogen-bond donors (Lipinski definition) is 1. The number of carbonyl (C=O) groups is 1. The maximum atomic E-state index is 12.2. The van der Waals surface area contributed by atoms with Crippen LogP contribution >= 0.6 is 0 Å². The summed E-state index contributed by atoms with van der Waals surface area (Å²) in [6.07, 6.45) is 3.65. The summed E-state index contributed by atoms with van der Waals surface area (Å²) < 4.78 is 7.99. The molecule has 0 unspecified atom stereocenters. The maximum Gasteiger partial charge on any atom is 0.437 e. The standard InChI is InChI=1S/C21H19N5O3/c27-19(15-26-21(28)29-20(24-26)18-5-2-1-3-6-18)22-13-16-7-9-17(10-8-16)14-25-12-4-11-23-25/h1-12H,13-15H2,(H,22,27). The van der Waals surface area contributed by atoms with E-state index in [0.29, 0.717) is 18.7 Å². The van der Waals surface area contributed by atoms with Crippen LogP contribution in [0.5, 0.6) is 0 Å². The summed E-state index contributed by atoms with van der Waals surface area (Å²) in [6, 6.07) is 18.8. The molecule has 0 aliphatic carbocycles. The fraction of sp³-hybridized carbons (Fsp3) is 0.143. The zero-order chi connectivity index (χ0) is 20.1. The van der Waals surface area contributed by atoms with Crippen LogP contribution in [-0.2, 0) is 24.4 Å². The van der Waals surface area contributed by atoms with Gasteiger partial charge in [0.1, 0.15) is 6.54 Å². The summed E-state index contributed by atoms with van der Waals surface area (Å²) >= 11 is 0. The maximum absolute atomic E-state index is 12.2. The van der Waals surface area contributed by atoms with E-state index in [-0.39, 0.29) is 18.3 Å². The molecule has 0 aliphatic heterocycles. The van der Waals surface area contributed by atoms with Crippen molar-refractivity contribution in [1.29, 1.82) is 0 Å². The Balaban J connectivity index is 1.32. The predicted octanol–water partition coefficient (Wildman–Crippen LogP) is 2.06. The first-order valence-electron chi connectivity index (χ1n) is 9.13. The molecule has 1 amide bonds. The van der Waals surface area contributed by atoms with Gasteiger partial charge in [-0.1, -0.05) is 42.5 Å². The van der Waals surface area contributed by atoms with Gasteiger partial charge >= 0.3 is 5.76 Å². The Morgan fingerprint density at radius 1 is 1.00 bits per heavy atom. The predicted molar refractivity (Wildman–Crippen MR) is 106 cm³/mol. The van der Waals surface area contributed by atoms with Crippen LogP contribution in [0.4, 0.5) is 0 Å². The lowest BCUT2D eigenvalue weighted by molar-refractivity contribution is -0.122. The summed E-state index contributed by atoms with van der Waals surface area (Å²) in [5.74, 6) is -0.793. The average Bonchev–Trinajstić information content (AvgIpc) is 3.38. The van der Waals surface area contributed by atoms with Crippen molar-refractivity contribution in [3.8, 4) is 11.5 Å². The molecule has 8 heteroatoms. The minimum absolute atomic E-state index is 0.191. The number of nitrogens with zero attached hydrogens (tertiary/aromatic N) is 4. The van der Waals surface area contributed by atoms with Crippen molar-refractivity contribution in [2.45, 2.75) is 19.6 Å². The topological polar surface area (TPSA) is 95.0 Å². The van der Waals surface area contributed by atoms with Crippen molar-refractivity contribution in [1.82, 2.24) is 24.9 Å². The quantitative estimate of drug-likeness (QED) is 0.522. The Morgan fingerprint density at radius 2 is 1.76 bits per heavy atom.